The monoisotopic (exact) mass is 342 g/mol. The van der Waals surface area contributed by atoms with Crippen molar-refractivity contribution >= 4 is 23.5 Å². The van der Waals surface area contributed by atoms with Crippen molar-refractivity contribution in [1.82, 2.24) is 0 Å². The number of hydrogen-bond donors (Lipinski definition) is 0. The highest BCUT2D eigenvalue weighted by Crippen LogP contribution is 2.21. The molecule has 2 atom stereocenters. The molecule has 0 bridgehead atoms. The van der Waals surface area contributed by atoms with Crippen molar-refractivity contribution in [1.29, 1.82) is 0 Å². The molecule has 6 heteroatoms. The van der Waals surface area contributed by atoms with E-state index in [1.807, 2.05) is 0 Å². The molecular weight excluding hydrogens is 312 g/mol. The van der Waals surface area contributed by atoms with Gasteiger partial charge in [-0.15, -0.1) is 0 Å². The quantitative estimate of drug-likeness (QED) is 0.383. The summed E-state index contributed by atoms with van der Waals surface area (Å²) >= 11 is 0. The predicted molar refractivity (Wildman–Crippen MR) is 88.5 cm³/mol. The van der Waals surface area contributed by atoms with Crippen LogP contribution in [0.3, 0.4) is 0 Å². The summed E-state index contributed by atoms with van der Waals surface area (Å²) in [4.78, 5) is 57.7. The summed E-state index contributed by atoms with van der Waals surface area (Å²) in [7, 11) is 0. The minimum Gasteiger partial charge on any atom is -0.298 e. The number of carbonyl (C=O) groups is 4. The first-order chi connectivity index (χ1) is 10.9. The average Bonchev–Trinajstić information content (AvgIpc) is 2.44. The fourth-order valence-corrected chi connectivity index (χ4v) is 2.34. The molecule has 0 aliphatic carbocycles. The van der Waals surface area contributed by atoms with Gasteiger partial charge in [-0.05, 0) is 11.8 Å². The van der Waals surface area contributed by atoms with E-state index in [0.717, 1.165) is 0 Å². The zero-order valence-corrected chi connectivity index (χ0v) is 15.9. The first-order valence-corrected chi connectivity index (χ1v) is 8.41. The van der Waals surface area contributed by atoms with E-state index in [-0.39, 0.29) is 35.2 Å². The van der Waals surface area contributed by atoms with Gasteiger partial charge in [0.1, 0.15) is 23.4 Å². The SMILES string of the molecule is CC(C)C(=O)C(C(=O)OOC(=O)C(C(=O)C(C)C)C(C)C)C(C)C. The molecule has 0 amide bonds. The van der Waals surface area contributed by atoms with Crippen LogP contribution in [-0.4, -0.2) is 23.5 Å². The van der Waals surface area contributed by atoms with Gasteiger partial charge in [0.15, 0.2) is 0 Å². The van der Waals surface area contributed by atoms with Crippen molar-refractivity contribution in [3.05, 3.63) is 0 Å². The summed E-state index contributed by atoms with van der Waals surface area (Å²) in [6, 6.07) is 0. The zero-order valence-electron chi connectivity index (χ0n) is 15.9. The molecule has 0 aliphatic heterocycles. The Kier molecular flexibility index (Phi) is 8.86. The van der Waals surface area contributed by atoms with Gasteiger partial charge < -0.3 is 0 Å². The van der Waals surface area contributed by atoms with Crippen molar-refractivity contribution in [3.63, 3.8) is 0 Å². The lowest BCUT2D eigenvalue weighted by Gasteiger charge is -2.21. The Hall–Kier alpha value is -1.72. The van der Waals surface area contributed by atoms with Crippen LogP contribution in [0.4, 0.5) is 0 Å². The smallest absolute Gasteiger partial charge is 0.298 e. The lowest BCUT2D eigenvalue weighted by molar-refractivity contribution is -0.266. The lowest BCUT2D eigenvalue weighted by Crippen LogP contribution is -2.37. The van der Waals surface area contributed by atoms with E-state index in [9.17, 15) is 19.2 Å². The molecule has 6 nitrogen and oxygen atoms in total. The Morgan fingerprint density at radius 3 is 0.958 bits per heavy atom. The molecule has 0 radical (unpaired) electrons. The van der Waals surface area contributed by atoms with E-state index in [1.54, 1.807) is 55.4 Å². The molecule has 0 fully saturated rings. The molecule has 0 N–H and O–H groups in total. The van der Waals surface area contributed by atoms with Gasteiger partial charge >= 0.3 is 11.9 Å². The Balaban J connectivity index is 5.02. The van der Waals surface area contributed by atoms with Crippen molar-refractivity contribution in [3.8, 4) is 0 Å². The van der Waals surface area contributed by atoms with Crippen molar-refractivity contribution < 1.29 is 29.0 Å². The summed E-state index contributed by atoms with van der Waals surface area (Å²) in [6.07, 6.45) is 0. The number of rotatable bonds is 8. The molecule has 2 unspecified atom stereocenters. The van der Waals surface area contributed by atoms with Crippen LogP contribution in [0.1, 0.15) is 55.4 Å². The zero-order chi connectivity index (χ0) is 19.2. The molecule has 0 heterocycles. The molecule has 0 saturated heterocycles. The summed E-state index contributed by atoms with van der Waals surface area (Å²) in [6.45, 7) is 13.6. The minimum atomic E-state index is -1.00. The van der Waals surface area contributed by atoms with Gasteiger partial charge in [-0.1, -0.05) is 55.4 Å². The molecule has 138 valence electrons. The predicted octanol–water partition coefficient (Wildman–Crippen LogP) is 2.98. The highest BCUT2D eigenvalue weighted by molar-refractivity contribution is 6.01. The van der Waals surface area contributed by atoms with Crippen LogP contribution in [0.5, 0.6) is 0 Å². The summed E-state index contributed by atoms with van der Waals surface area (Å²) in [5.41, 5.74) is 0. The summed E-state index contributed by atoms with van der Waals surface area (Å²) < 4.78 is 0. The van der Waals surface area contributed by atoms with Gasteiger partial charge in [-0.3, -0.25) is 9.59 Å². The highest BCUT2D eigenvalue weighted by atomic mass is 17.2. The van der Waals surface area contributed by atoms with Crippen molar-refractivity contribution in [2.24, 2.45) is 35.5 Å². The first-order valence-electron chi connectivity index (χ1n) is 8.41. The Morgan fingerprint density at radius 2 is 0.792 bits per heavy atom. The van der Waals surface area contributed by atoms with E-state index in [2.05, 4.69) is 9.78 Å². The third-order valence-electron chi connectivity index (χ3n) is 3.80. The Labute approximate surface area is 144 Å². The summed E-state index contributed by atoms with van der Waals surface area (Å²) in [5.74, 6) is -5.62. The minimum absolute atomic E-state index is 0.273. The van der Waals surface area contributed by atoms with Gasteiger partial charge in [0.25, 0.3) is 0 Å². The topological polar surface area (TPSA) is 86.7 Å². The summed E-state index contributed by atoms with van der Waals surface area (Å²) in [5, 5.41) is 0. The van der Waals surface area contributed by atoms with Gasteiger partial charge in [-0.25, -0.2) is 19.4 Å². The Bertz CT molecular complexity index is 432. The maximum absolute atomic E-state index is 12.1. The van der Waals surface area contributed by atoms with Crippen LogP contribution in [0.15, 0.2) is 0 Å². The Morgan fingerprint density at radius 1 is 0.542 bits per heavy atom. The van der Waals surface area contributed by atoms with Gasteiger partial charge in [0.2, 0.25) is 0 Å². The van der Waals surface area contributed by atoms with Crippen LogP contribution in [-0.2, 0) is 29.0 Å². The van der Waals surface area contributed by atoms with E-state index in [0.29, 0.717) is 0 Å². The van der Waals surface area contributed by atoms with Gasteiger partial charge in [-0.2, -0.15) is 0 Å². The largest absolute Gasteiger partial charge is 0.366 e. The van der Waals surface area contributed by atoms with Crippen LogP contribution >= 0.6 is 0 Å². The molecule has 24 heavy (non-hydrogen) atoms. The number of Topliss-reactive ketones (excluding diaryl/α,β-unsaturated/α-hetero) is 2. The third kappa shape index (κ3) is 6.06. The molecule has 0 spiro atoms. The van der Waals surface area contributed by atoms with E-state index in [1.165, 1.54) is 0 Å². The maximum atomic E-state index is 12.1. The van der Waals surface area contributed by atoms with Crippen LogP contribution in [0.2, 0.25) is 0 Å². The maximum Gasteiger partial charge on any atom is 0.366 e. The van der Waals surface area contributed by atoms with Crippen molar-refractivity contribution in [2.75, 3.05) is 0 Å². The molecule has 0 aromatic rings. The number of ketones is 2. The molecule has 0 aliphatic rings. The normalized spacial score (nSPS) is 14.0. The van der Waals surface area contributed by atoms with Gasteiger partial charge in [0, 0.05) is 11.8 Å². The van der Waals surface area contributed by atoms with E-state index in [4.69, 9.17) is 0 Å². The highest BCUT2D eigenvalue weighted by Gasteiger charge is 2.37. The molecule has 0 rings (SSSR count). The van der Waals surface area contributed by atoms with E-state index < -0.39 is 23.8 Å². The van der Waals surface area contributed by atoms with E-state index >= 15 is 0 Å². The number of carbonyl (C=O) groups excluding carboxylic acids is 4. The third-order valence-corrected chi connectivity index (χ3v) is 3.80. The first kappa shape index (κ1) is 22.3. The molecule has 0 aromatic carbocycles. The fraction of sp³-hybridized carbons (Fsp3) is 0.778. The average molecular weight is 342 g/mol. The molecular formula is C18H30O6. The second-order valence-corrected chi connectivity index (χ2v) is 7.36. The number of hydrogen-bond acceptors (Lipinski definition) is 6. The van der Waals surface area contributed by atoms with Crippen LogP contribution < -0.4 is 0 Å². The fourth-order valence-electron chi connectivity index (χ4n) is 2.34. The lowest BCUT2D eigenvalue weighted by atomic mass is 9.86. The molecule has 0 aromatic heterocycles. The van der Waals surface area contributed by atoms with Crippen molar-refractivity contribution in [2.45, 2.75) is 55.4 Å². The second-order valence-electron chi connectivity index (χ2n) is 7.36. The molecule has 0 saturated carbocycles. The van der Waals surface area contributed by atoms with Crippen LogP contribution in [0, 0.1) is 35.5 Å². The standard InChI is InChI=1S/C18H30O6/c1-9(2)13(15(19)11(5)6)17(21)23-24-18(22)14(10(3)4)16(20)12(7)8/h9-14H,1-8H3. The van der Waals surface area contributed by atoms with Crippen LogP contribution in [0.25, 0.3) is 0 Å². The van der Waals surface area contributed by atoms with Gasteiger partial charge in [0.05, 0.1) is 0 Å². The second kappa shape index (κ2) is 9.55.